The van der Waals surface area contributed by atoms with Crippen LogP contribution in [0.25, 0.3) is 0 Å². The Balaban J connectivity index is 0.00000441. The van der Waals surface area contributed by atoms with Crippen molar-refractivity contribution in [1.82, 2.24) is 15.5 Å². The predicted molar refractivity (Wildman–Crippen MR) is 101 cm³/mol. The van der Waals surface area contributed by atoms with E-state index in [0.29, 0.717) is 12.3 Å². The lowest BCUT2D eigenvalue weighted by Gasteiger charge is -2.15. The van der Waals surface area contributed by atoms with Crippen molar-refractivity contribution in [1.29, 1.82) is 0 Å². The first-order valence-electron chi connectivity index (χ1n) is 8.15. The van der Waals surface area contributed by atoms with Crippen molar-refractivity contribution < 1.29 is 9.53 Å². The summed E-state index contributed by atoms with van der Waals surface area (Å²) in [4.78, 5) is 18.0. The molecular weight excluding hydrogens is 395 g/mol. The number of nitrogens with zero attached hydrogens (tertiary/aromatic N) is 2. The molecule has 6 nitrogen and oxygen atoms in total. The molecule has 2 N–H and O–H groups in total. The van der Waals surface area contributed by atoms with Crippen LogP contribution in [-0.2, 0) is 9.53 Å². The number of rotatable bonds is 10. The molecule has 22 heavy (non-hydrogen) atoms. The van der Waals surface area contributed by atoms with Crippen LogP contribution in [0.4, 0.5) is 0 Å². The highest BCUT2D eigenvalue weighted by atomic mass is 127. The Morgan fingerprint density at radius 1 is 1.32 bits per heavy atom. The summed E-state index contributed by atoms with van der Waals surface area (Å²) >= 11 is 0. The van der Waals surface area contributed by atoms with Gasteiger partial charge in [-0.2, -0.15) is 0 Å². The van der Waals surface area contributed by atoms with Crippen LogP contribution in [0, 0.1) is 0 Å². The van der Waals surface area contributed by atoms with Crippen molar-refractivity contribution in [2.45, 2.75) is 39.5 Å². The van der Waals surface area contributed by atoms with Crippen molar-refractivity contribution in [2.24, 2.45) is 4.99 Å². The lowest BCUT2D eigenvalue weighted by molar-refractivity contribution is -0.127. The van der Waals surface area contributed by atoms with Gasteiger partial charge in [0, 0.05) is 52.4 Å². The smallest absolute Gasteiger partial charge is 0.222 e. The summed E-state index contributed by atoms with van der Waals surface area (Å²) in [5.41, 5.74) is 0. The van der Waals surface area contributed by atoms with Crippen molar-refractivity contribution in [3.63, 3.8) is 0 Å². The number of ether oxygens (including phenoxy) is 1. The van der Waals surface area contributed by atoms with Crippen LogP contribution in [0.1, 0.15) is 39.5 Å². The number of hydrogen-bond acceptors (Lipinski definition) is 3. The van der Waals surface area contributed by atoms with Crippen LogP contribution in [0.15, 0.2) is 4.99 Å². The molecule has 0 aromatic carbocycles. The van der Waals surface area contributed by atoms with Gasteiger partial charge in [0.2, 0.25) is 5.91 Å². The van der Waals surface area contributed by atoms with Crippen molar-refractivity contribution >= 4 is 35.8 Å². The molecule has 0 atom stereocenters. The molecule has 1 saturated heterocycles. The molecule has 0 radical (unpaired) electrons. The summed E-state index contributed by atoms with van der Waals surface area (Å²) in [5.74, 6) is 1.14. The SMILES string of the molecule is CCNC(=NCCCN1CCCC1=O)NCCCOCC.I. The van der Waals surface area contributed by atoms with Crippen molar-refractivity contribution in [3.8, 4) is 0 Å². The Hall–Kier alpha value is -0.570. The third kappa shape index (κ3) is 9.45. The fourth-order valence-corrected chi connectivity index (χ4v) is 2.26. The number of likely N-dealkylation sites (tertiary alicyclic amines) is 1. The number of carbonyl (C=O) groups excluding carboxylic acids is 1. The standard InChI is InChI=1S/C15H30N4O2.HI/c1-3-16-15(18-10-7-13-21-4-2)17-9-6-12-19-11-5-8-14(19)20;/h3-13H2,1-2H3,(H2,16,17,18);1H. The number of aliphatic imine (C=N–C) groups is 1. The van der Waals surface area contributed by atoms with Gasteiger partial charge in [0.1, 0.15) is 0 Å². The first kappa shape index (κ1) is 21.4. The Morgan fingerprint density at radius 3 is 2.77 bits per heavy atom. The zero-order valence-electron chi connectivity index (χ0n) is 13.9. The molecule has 7 heteroatoms. The van der Waals surface area contributed by atoms with Gasteiger partial charge in [0.05, 0.1) is 0 Å². The maximum atomic E-state index is 11.5. The van der Waals surface area contributed by atoms with E-state index >= 15 is 0 Å². The normalized spacial score (nSPS) is 14.9. The zero-order valence-corrected chi connectivity index (χ0v) is 16.2. The van der Waals surface area contributed by atoms with E-state index in [0.717, 1.165) is 71.2 Å². The van der Waals surface area contributed by atoms with Crippen LogP contribution in [0.3, 0.4) is 0 Å². The van der Waals surface area contributed by atoms with Gasteiger partial charge in [-0.1, -0.05) is 0 Å². The molecule has 0 aliphatic carbocycles. The molecule has 1 aliphatic rings. The molecule has 1 rings (SSSR count). The molecule has 0 aromatic rings. The van der Waals surface area contributed by atoms with E-state index in [4.69, 9.17) is 4.74 Å². The third-order valence-corrected chi connectivity index (χ3v) is 3.33. The Morgan fingerprint density at radius 2 is 2.14 bits per heavy atom. The summed E-state index contributed by atoms with van der Waals surface area (Å²) in [6.45, 7) is 9.79. The predicted octanol–water partition coefficient (Wildman–Crippen LogP) is 1.60. The molecule has 0 aromatic heterocycles. The van der Waals surface area contributed by atoms with Gasteiger partial charge in [-0.25, -0.2) is 0 Å². The van der Waals surface area contributed by atoms with E-state index in [-0.39, 0.29) is 24.0 Å². The summed E-state index contributed by atoms with van der Waals surface area (Å²) in [6.07, 6.45) is 3.61. The molecule has 1 fully saturated rings. The molecule has 1 aliphatic heterocycles. The van der Waals surface area contributed by atoms with Crippen LogP contribution in [0.5, 0.6) is 0 Å². The third-order valence-electron chi connectivity index (χ3n) is 3.33. The van der Waals surface area contributed by atoms with Gasteiger partial charge < -0.3 is 20.3 Å². The molecule has 130 valence electrons. The number of hydrogen-bond donors (Lipinski definition) is 2. The van der Waals surface area contributed by atoms with E-state index in [1.807, 2.05) is 11.8 Å². The Kier molecular flexibility index (Phi) is 13.7. The first-order chi connectivity index (χ1) is 10.3. The van der Waals surface area contributed by atoms with E-state index in [1.54, 1.807) is 0 Å². The van der Waals surface area contributed by atoms with E-state index in [2.05, 4.69) is 22.5 Å². The minimum Gasteiger partial charge on any atom is -0.382 e. The lowest BCUT2D eigenvalue weighted by atomic mass is 10.4. The van der Waals surface area contributed by atoms with Crippen LogP contribution in [0.2, 0.25) is 0 Å². The quantitative estimate of drug-likeness (QED) is 0.241. The summed E-state index contributed by atoms with van der Waals surface area (Å²) < 4.78 is 5.30. The number of carbonyl (C=O) groups is 1. The first-order valence-corrected chi connectivity index (χ1v) is 8.15. The maximum Gasteiger partial charge on any atom is 0.222 e. The van der Waals surface area contributed by atoms with Gasteiger partial charge in [-0.15, -0.1) is 24.0 Å². The van der Waals surface area contributed by atoms with Gasteiger partial charge in [-0.3, -0.25) is 9.79 Å². The molecule has 0 unspecified atom stereocenters. The molecule has 0 spiro atoms. The summed E-state index contributed by atoms with van der Waals surface area (Å²) in [5, 5.41) is 6.52. The second-order valence-electron chi connectivity index (χ2n) is 5.08. The molecule has 0 saturated carbocycles. The molecule has 1 amide bonds. The Bertz CT molecular complexity index is 327. The van der Waals surface area contributed by atoms with Gasteiger partial charge >= 0.3 is 0 Å². The molecular formula is C15H31IN4O2. The van der Waals surface area contributed by atoms with Gasteiger partial charge in [0.25, 0.3) is 0 Å². The second-order valence-corrected chi connectivity index (χ2v) is 5.08. The highest BCUT2D eigenvalue weighted by Gasteiger charge is 2.18. The minimum atomic E-state index is 0. The summed E-state index contributed by atoms with van der Waals surface area (Å²) in [6, 6.07) is 0. The van der Waals surface area contributed by atoms with Crippen LogP contribution < -0.4 is 10.6 Å². The van der Waals surface area contributed by atoms with Gasteiger partial charge in [-0.05, 0) is 33.1 Å². The second kappa shape index (κ2) is 14.0. The van der Waals surface area contributed by atoms with Crippen molar-refractivity contribution in [2.75, 3.05) is 45.9 Å². The monoisotopic (exact) mass is 426 g/mol. The average Bonchev–Trinajstić information content (AvgIpc) is 2.88. The fourth-order valence-electron chi connectivity index (χ4n) is 2.26. The fraction of sp³-hybridized carbons (Fsp3) is 0.867. The molecule has 1 heterocycles. The summed E-state index contributed by atoms with van der Waals surface area (Å²) in [7, 11) is 0. The molecule has 0 bridgehead atoms. The topological polar surface area (TPSA) is 66.0 Å². The number of amides is 1. The minimum absolute atomic E-state index is 0. The van der Waals surface area contributed by atoms with E-state index < -0.39 is 0 Å². The van der Waals surface area contributed by atoms with Crippen molar-refractivity contribution in [3.05, 3.63) is 0 Å². The van der Waals surface area contributed by atoms with Gasteiger partial charge in [0.15, 0.2) is 5.96 Å². The van der Waals surface area contributed by atoms with E-state index in [1.165, 1.54) is 0 Å². The zero-order chi connectivity index (χ0) is 15.3. The maximum absolute atomic E-state index is 11.5. The highest BCUT2D eigenvalue weighted by Crippen LogP contribution is 2.09. The number of guanidine groups is 1. The lowest BCUT2D eigenvalue weighted by Crippen LogP contribution is -2.38. The largest absolute Gasteiger partial charge is 0.382 e. The average molecular weight is 426 g/mol. The van der Waals surface area contributed by atoms with E-state index in [9.17, 15) is 4.79 Å². The highest BCUT2D eigenvalue weighted by molar-refractivity contribution is 14.0. The Labute approximate surface area is 151 Å². The number of nitrogens with one attached hydrogen (secondary N) is 2. The van der Waals surface area contributed by atoms with Crippen LogP contribution in [-0.4, -0.2) is 62.7 Å². The van der Waals surface area contributed by atoms with Crippen LogP contribution >= 0.6 is 24.0 Å². The number of halogens is 1.